The third-order valence-electron chi connectivity index (χ3n) is 2.65. The number of ether oxygens (including phenoxy) is 1. The summed E-state index contributed by atoms with van der Waals surface area (Å²) in [4.78, 5) is 12.0. The number of benzene rings is 1. The van der Waals surface area contributed by atoms with Gasteiger partial charge in [0.1, 0.15) is 5.76 Å². The van der Waals surface area contributed by atoms with Crippen LogP contribution in [0.15, 0.2) is 34.9 Å². The van der Waals surface area contributed by atoms with Crippen LogP contribution in [0.3, 0.4) is 0 Å². The van der Waals surface area contributed by atoms with Crippen LogP contribution < -0.4 is 10.1 Å². The van der Waals surface area contributed by atoms with Gasteiger partial charge in [-0.2, -0.15) is 0 Å². The molecule has 0 bridgehead atoms. The van der Waals surface area contributed by atoms with Gasteiger partial charge in [-0.3, -0.25) is 4.79 Å². The summed E-state index contributed by atoms with van der Waals surface area (Å²) in [6, 6.07) is 7.55. The molecule has 1 atom stereocenters. The molecule has 6 heteroatoms. The van der Waals surface area contributed by atoms with Gasteiger partial charge in [0.25, 0.3) is 5.91 Å². The number of aryl methyl sites for hydroxylation is 1. The number of hydrogen-bond acceptors (Lipinski definition) is 4. The van der Waals surface area contributed by atoms with E-state index in [2.05, 4.69) is 10.5 Å². The lowest BCUT2D eigenvalue weighted by Crippen LogP contribution is -2.32. The van der Waals surface area contributed by atoms with Crippen LogP contribution in [0, 0.1) is 12.7 Å². The van der Waals surface area contributed by atoms with Crippen LogP contribution in [0.2, 0.25) is 0 Å². The van der Waals surface area contributed by atoms with Gasteiger partial charge in [-0.25, -0.2) is 4.39 Å². The lowest BCUT2D eigenvalue weighted by molar-refractivity contribution is -0.122. The van der Waals surface area contributed by atoms with Crippen molar-refractivity contribution in [2.24, 2.45) is 0 Å². The van der Waals surface area contributed by atoms with Crippen molar-refractivity contribution in [2.45, 2.75) is 26.4 Å². The highest BCUT2D eigenvalue weighted by Gasteiger charge is 2.20. The Morgan fingerprint density at radius 3 is 2.85 bits per heavy atom. The molecular formula is C14H15FN2O3. The van der Waals surface area contributed by atoms with E-state index in [0.29, 0.717) is 18.0 Å². The molecule has 0 saturated carbocycles. The Labute approximate surface area is 115 Å². The van der Waals surface area contributed by atoms with Gasteiger partial charge in [0.05, 0.1) is 0 Å². The molecule has 1 heterocycles. The molecule has 0 aliphatic rings. The zero-order chi connectivity index (χ0) is 14.5. The lowest BCUT2D eigenvalue weighted by Gasteiger charge is -2.16. The van der Waals surface area contributed by atoms with Crippen LogP contribution >= 0.6 is 0 Å². The lowest BCUT2D eigenvalue weighted by atomic mass is 10.2. The van der Waals surface area contributed by atoms with E-state index in [0.717, 1.165) is 0 Å². The second kappa shape index (κ2) is 6.18. The Morgan fingerprint density at radius 1 is 1.50 bits per heavy atom. The monoisotopic (exact) mass is 278 g/mol. The Bertz CT molecular complexity index is 598. The van der Waals surface area contributed by atoms with Gasteiger partial charge in [-0.15, -0.1) is 0 Å². The molecule has 106 valence electrons. The number of aromatic nitrogens is 1. The second-order valence-corrected chi connectivity index (χ2v) is 4.26. The standard InChI is InChI=1S/C14H15FN2O3/c1-3-11(19-12-7-5-4-6-10(12)15)14(18)16-13-8-9(2)20-17-13/h4-8,11H,3H2,1-2H3,(H,16,17,18). The number of nitrogens with one attached hydrogen (secondary N) is 1. The summed E-state index contributed by atoms with van der Waals surface area (Å²) in [5, 5.41) is 6.22. The maximum atomic E-state index is 13.5. The predicted octanol–water partition coefficient (Wildman–Crippen LogP) is 2.92. The van der Waals surface area contributed by atoms with Crippen molar-refractivity contribution in [3.8, 4) is 5.75 Å². The zero-order valence-electron chi connectivity index (χ0n) is 11.2. The third kappa shape index (κ3) is 3.34. The normalized spacial score (nSPS) is 11.9. The van der Waals surface area contributed by atoms with E-state index >= 15 is 0 Å². The fraction of sp³-hybridized carbons (Fsp3) is 0.286. The number of amides is 1. The second-order valence-electron chi connectivity index (χ2n) is 4.26. The maximum absolute atomic E-state index is 13.5. The number of anilines is 1. The molecule has 2 aromatic rings. The highest BCUT2D eigenvalue weighted by Crippen LogP contribution is 2.19. The Balaban J connectivity index is 2.04. The van der Waals surface area contributed by atoms with Gasteiger partial charge < -0.3 is 14.6 Å². The summed E-state index contributed by atoms with van der Waals surface area (Å²) < 4.78 is 23.7. The first-order valence-electron chi connectivity index (χ1n) is 6.25. The van der Waals surface area contributed by atoms with E-state index in [9.17, 15) is 9.18 Å². The number of carbonyl (C=O) groups excluding carboxylic acids is 1. The number of carbonyl (C=O) groups is 1. The molecule has 0 saturated heterocycles. The van der Waals surface area contributed by atoms with E-state index in [1.54, 1.807) is 32.0 Å². The molecule has 0 aliphatic heterocycles. The van der Waals surface area contributed by atoms with Gasteiger partial charge in [0.2, 0.25) is 0 Å². The zero-order valence-corrected chi connectivity index (χ0v) is 11.2. The quantitative estimate of drug-likeness (QED) is 0.913. The van der Waals surface area contributed by atoms with E-state index in [4.69, 9.17) is 9.26 Å². The smallest absolute Gasteiger partial charge is 0.266 e. The molecule has 0 spiro atoms. The van der Waals surface area contributed by atoms with Crippen molar-refractivity contribution < 1.29 is 18.4 Å². The average molecular weight is 278 g/mol. The maximum Gasteiger partial charge on any atom is 0.266 e. The molecule has 5 nitrogen and oxygen atoms in total. The molecule has 2 rings (SSSR count). The van der Waals surface area contributed by atoms with Crippen LogP contribution in [-0.2, 0) is 4.79 Å². The number of para-hydroxylation sites is 1. The third-order valence-corrected chi connectivity index (χ3v) is 2.65. The highest BCUT2D eigenvalue weighted by atomic mass is 19.1. The summed E-state index contributed by atoms with van der Waals surface area (Å²) in [7, 11) is 0. The topological polar surface area (TPSA) is 64.4 Å². The van der Waals surface area contributed by atoms with Crippen LogP contribution in [0.5, 0.6) is 5.75 Å². The molecule has 1 amide bonds. The summed E-state index contributed by atoms with van der Waals surface area (Å²) in [5.74, 6) is 0.0392. The van der Waals surface area contributed by atoms with Gasteiger partial charge in [0.15, 0.2) is 23.5 Å². The van der Waals surface area contributed by atoms with Crippen molar-refractivity contribution in [3.05, 3.63) is 41.9 Å². The fourth-order valence-corrected chi connectivity index (χ4v) is 1.65. The number of nitrogens with zero attached hydrogens (tertiary/aromatic N) is 1. The highest BCUT2D eigenvalue weighted by molar-refractivity contribution is 5.93. The Morgan fingerprint density at radius 2 is 2.25 bits per heavy atom. The number of rotatable bonds is 5. The largest absolute Gasteiger partial charge is 0.478 e. The van der Waals surface area contributed by atoms with E-state index in [-0.39, 0.29) is 5.75 Å². The molecular weight excluding hydrogens is 263 g/mol. The SMILES string of the molecule is CCC(Oc1ccccc1F)C(=O)Nc1cc(C)on1. The van der Waals surface area contributed by atoms with Crippen LogP contribution in [0.4, 0.5) is 10.2 Å². The summed E-state index contributed by atoms with van der Waals surface area (Å²) in [6.07, 6.45) is -0.402. The Hall–Kier alpha value is -2.37. The van der Waals surface area contributed by atoms with Crippen LogP contribution in [0.25, 0.3) is 0 Å². The van der Waals surface area contributed by atoms with Crippen LogP contribution in [-0.4, -0.2) is 17.2 Å². The molecule has 20 heavy (non-hydrogen) atoms. The number of hydrogen-bond donors (Lipinski definition) is 1. The van der Waals surface area contributed by atoms with Crippen molar-refractivity contribution in [2.75, 3.05) is 5.32 Å². The minimum atomic E-state index is -0.802. The van der Waals surface area contributed by atoms with Gasteiger partial charge in [-0.05, 0) is 25.5 Å². The summed E-state index contributed by atoms with van der Waals surface area (Å²) in [6.45, 7) is 3.49. The molecule has 1 aromatic heterocycles. The van der Waals surface area contributed by atoms with E-state index in [1.807, 2.05) is 0 Å². The molecule has 1 N–H and O–H groups in total. The molecule has 0 radical (unpaired) electrons. The average Bonchev–Trinajstić information content (AvgIpc) is 2.83. The predicted molar refractivity (Wildman–Crippen MR) is 71.0 cm³/mol. The minimum absolute atomic E-state index is 0.0471. The first-order chi connectivity index (χ1) is 9.60. The van der Waals surface area contributed by atoms with Crippen molar-refractivity contribution in [3.63, 3.8) is 0 Å². The van der Waals surface area contributed by atoms with Gasteiger partial charge in [-0.1, -0.05) is 24.2 Å². The first kappa shape index (κ1) is 14.0. The summed E-state index contributed by atoms with van der Waals surface area (Å²) in [5.41, 5.74) is 0. The van der Waals surface area contributed by atoms with Crippen molar-refractivity contribution >= 4 is 11.7 Å². The fourth-order valence-electron chi connectivity index (χ4n) is 1.65. The molecule has 0 fully saturated rings. The van der Waals surface area contributed by atoms with Crippen LogP contribution in [0.1, 0.15) is 19.1 Å². The summed E-state index contributed by atoms with van der Waals surface area (Å²) >= 11 is 0. The molecule has 1 unspecified atom stereocenters. The van der Waals surface area contributed by atoms with E-state index in [1.165, 1.54) is 12.1 Å². The van der Waals surface area contributed by atoms with Gasteiger partial charge in [0, 0.05) is 6.07 Å². The molecule has 1 aromatic carbocycles. The first-order valence-corrected chi connectivity index (χ1v) is 6.25. The Kier molecular flexibility index (Phi) is 4.34. The van der Waals surface area contributed by atoms with Gasteiger partial charge >= 0.3 is 0 Å². The van der Waals surface area contributed by atoms with Crippen molar-refractivity contribution in [1.29, 1.82) is 0 Å². The number of halogens is 1. The minimum Gasteiger partial charge on any atom is -0.478 e. The van der Waals surface area contributed by atoms with Crippen molar-refractivity contribution in [1.82, 2.24) is 5.16 Å². The molecule has 0 aliphatic carbocycles. The van der Waals surface area contributed by atoms with E-state index < -0.39 is 17.8 Å².